The molecule has 2 aromatic carbocycles. The zero-order valence-corrected chi connectivity index (χ0v) is 11.0. The first-order valence-corrected chi connectivity index (χ1v) is 6.71. The van der Waals surface area contributed by atoms with Crippen molar-refractivity contribution in [1.82, 2.24) is 5.32 Å². The Morgan fingerprint density at radius 1 is 1.00 bits per heavy atom. The molecule has 20 heavy (non-hydrogen) atoms. The lowest BCUT2D eigenvalue weighted by atomic mass is 10.1. The van der Waals surface area contributed by atoms with E-state index >= 15 is 0 Å². The predicted molar refractivity (Wildman–Crippen MR) is 75.8 cm³/mol. The molecule has 0 amide bonds. The fourth-order valence-electron chi connectivity index (χ4n) is 2.76. The topological polar surface area (TPSA) is 72.7 Å². The highest BCUT2D eigenvalue weighted by Gasteiger charge is 2.21. The van der Waals surface area contributed by atoms with E-state index in [4.69, 9.17) is 0 Å². The standard InChI is InChI=1S/C16H17NO3/c18-14-8-6-11(15(19)16(14)20)9-17-13-7-5-10-3-1-2-4-12(10)13/h1-4,6,8,13,17-20H,5,7,9H2. The fourth-order valence-corrected chi connectivity index (χ4v) is 2.76. The summed E-state index contributed by atoms with van der Waals surface area (Å²) in [6.45, 7) is 0.443. The Morgan fingerprint density at radius 3 is 2.65 bits per heavy atom. The summed E-state index contributed by atoms with van der Waals surface area (Å²) in [6, 6.07) is 11.6. The number of aromatic hydroxyl groups is 3. The van der Waals surface area contributed by atoms with Crippen molar-refractivity contribution in [2.45, 2.75) is 25.4 Å². The van der Waals surface area contributed by atoms with E-state index < -0.39 is 5.75 Å². The van der Waals surface area contributed by atoms with Crippen molar-refractivity contribution in [1.29, 1.82) is 0 Å². The van der Waals surface area contributed by atoms with Gasteiger partial charge in [0.25, 0.3) is 0 Å². The molecule has 4 nitrogen and oxygen atoms in total. The van der Waals surface area contributed by atoms with Gasteiger partial charge in [-0.05, 0) is 30.0 Å². The number of nitrogens with one attached hydrogen (secondary N) is 1. The number of rotatable bonds is 3. The molecule has 1 aliphatic rings. The van der Waals surface area contributed by atoms with Crippen LogP contribution in [0.2, 0.25) is 0 Å². The van der Waals surface area contributed by atoms with Crippen LogP contribution in [0.5, 0.6) is 17.2 Å². The molecule has 0 aliphatic heterocycles. The van der Waals surface area contributed by atoms with E-state index in [9.17, 15) is 15.3 Å². The molecule has 4 N–H and O–H groups in total. The minimum atomic E-state index is -0.462. The quantitative estimate of drug-likeness (QED) is 0.647. The summed E-state index contributed by atoms with van der Waals surface area (Å²) in [5.41, 5.74) is 3.24. The molecule has 0 saturated carbocycles. The smallest absolute Gasteiger partial charge is 0.200 e. The van der Waals surface area contributed by atoms with Crippen LogP contribution in [0.25, 0.3) is 0 Å². The molecule has 0 aromatic heterocycles. The highest BCUT2D eigenvalue weighted by molar-refractivity contribution is 5.53. The van der Waals surface area contributed by atoms with Gasteiger partial charge in [0.05, 0.1) is 0 Å². The Morgan fingerprint density at radius 2 is 1.80 bits per heavy atom. The Labute approximate surface area is 117 Å². The van der Waals surface area contributed by atoms with Crippen LogP contribution in [0.4, 0.5) is 0 Å². The number of phenols is 3. The minimum absolute atomic E-state index is 0.260. The van der Waals surface area contributed by atoms with Gasteiger partial charge in [-0.25, -0.2) is 0 Å². The maximum atomic E-state index is 9.80. The highest BCUT2D eigenvalue weighted by atomic mass is 16.3. The van der Waals surface area contributed by atoms with Crippen molar-refractivity contribution in [3.8, 4) is 17.2 Å². The Bertz CT molecular complexity index is 640. The van der Waals surface area contributed by atoms with Gasteiger partial charge in [0.1, 0.15) is 0 Å². The van der Waals surface area contributed by atoms with Crippen molar-refractivity contribution in [3.05, 3.63) is 53.1 Å². The SMILES string of the molecule is Oc1ccc(CNC2CCc3ccccc32)c(O)c1O. The molecule has 3 rings (SSSR count). The zero-order chi connectivity index (χ0) is 14.1. The third kappa shape index (κ3) is 2.18. The first kappa shape index (κ1) is 12.8. The van der Waals surface area contributed by atoms with E-state index in [1.807, 2.05) is 12.1 Å². The average Bonchev–Trinajstić information content (AvgIpc) is 2.87. The van der Waals surface area contributed by atoms with Crippen molar-refractivity contribution in [2.24, 2.45) is 0 Å². The van der Waals surface area contributed by atoms with E-state index in [0.717, 1.165) is 12.8 Å². The molecule has 0 fully saturated rings. The fraction of sp³-hybridized carbons (Fsp3) is 0.250. The second kappa shape index (κ2) is 5.06. The lowest BCUT2D eigenvalue weighted by Gasteiger charge is -2.15. The second-order valence-corrected chi connectivity index (χ2v) is 5.11. The molecule has 2 aromatic rings. The molecule has 0 saturated heterocycles. The maximum Gasteiger partial charge on any atom is 0.200 e. The predicted octanol–water partition coefficient (Wildman–Crippen LogP) is 2.58. The van der Waals surface area contributed by atoms with Gasteiger partial charge in [0.2, 0.25) is 5.75 Å². The van der Waals surface area contributed by atoms with E-state index in [1.54, 1.807) is 6.07 Å². The Hall–Kier alpha value is -2.20. The molecule has 0 radical (unpaired) electrons. The van der Waals surface area contributed by atoms with Crippen molar-refractivity contribution in [3.63, 3.8) is 0 Å². The van der Waals surface area contributed by atoms with Gasteiger partial charge in [-0.1, -0.05) is 30.3 Å². The summed E-state index contributed by atoms with van der Waals surface area (Å²) in [7, 11) is 0. The van der Waals surface area contributed by atoms with Crippen molar-refractivity contribution >= 4 is 0 Å². The van der Waals surface area contributed by atoms with Gasteiger partial charge in [-0.2, -0.15) is 0 Å². The van der Waals surface area contributed by atoms with E-state index in [2.05, 4.69) is 17.4 Å². The average molecular weight is 271 g/mol. The normalized spacial score (nSPS) is 17.1. The molecule has 0 heterocycles. The minimum Gasteiger partial charge on any atom is -0.504 e. The summed E-state index contributed by atoms with van der Waals surface area (Å²) in [4.78, 5) is 0. The molecule has 1 atom stereocenters. The van der Waals surface area contributed by atoms with Crippen molar-refractivity contribution < 1.29 is 15.3 Å². The summed E-state index contributed by atoms with van der Waals surface area (Å²) in [5, 5.41) is 32.0. The van der Waals surface area contributed by atoms with Gasteiger partial charge in [0, 0.05) is 18.2 Å². The van der Waals surface area contributed by atoms with Crippen molar-refractivity contribution in [2.75, 3.05) is 0 Å². The molecule has 0 spiro atoms. The van der Waals surface area contributed by atoms with Gasteiger partial charge in [0.15, 0.2) is 11.5 Å². The van der Waals surface area contributed by atoms with Crippen LogP contribution in [0, 0.1) is 0 Å². The largest absolute Gasteiger partial charge is 0.504 e. The number of fused-ring (bicyclic) bond motifs is 1. The Kier molecular flexibility index (Phi) is 3.24. The highest BCUT2D eigenvalue weighted by Crippen LogP contribution is 2.37. The summed E-state index contributed by atoms with van der Waals surface area (Å²) >= 11 is 0. The Balaban J connectivity index is 1.74. The number of hydrogen-bond acceptors (Lipinski definition) is 4. The van der Waals surface area contributed by atoms with Gasteiger partial charge in [-0.15, -0.1) is 0 Å². The van der Waals surface area contributed by atoms with Crippen LogP contribution in [0.3, 0.4) is 0 Å². The summed E-state index contributed by atoms with van der Waals surface area (Å²) in [6.07, 6.45) is 2.09. The molecule has 104 valence electrons. The summed E-state index contributed by atoms with van der Waals surface area (Å²) in [5.74, 6) is -1.03. The van der Waals surface area contributed by atoms with Crippen LogP contribution >= 0.6 is 0 Å². The number of aryl methyl sites for hydroxylation is 1. The van der Waals surface area contributed by atoms with E-state index in [1.165, 1.54) is 17.2 Å². The lowest BCUT2D eigenvalue weighted by Crippen LogP contribution is -2.18. The second-order valence-electron chi connectivity index (χ2n) is 5.11. The molecule has 1 aliphatic carbocycles. The van der Waals surface area contributed by atoms with Gasteiger partial charge < -0.3 is 20.6 Å². The van der Waals surface area contributed by atoms with Crippen LogP contribution in [-0.2, 0) is 13.0 Å². The zero-order valence-electron chi connectivity index (χ0n) is 11.0. The van der Waals surface area contributed by atoms with Crippen LogP contribution < -0.4 is 5.32 Å². The third-order valence-corrected chi connectivity index (χ3v) is 3.89. The molecule has 4 heteroatoms. The van der Waals surface area contributed by atoms with Crippen LogP contribution in [0.1, 0.15) is 29.2 Å². The van der Waals surface area contributed by atoms with E-state index in [-0.39, 0.29) is 17.5 Å². The van der Waals surface area contributed by atoms with Gasteiger partial charge >= 0.3 is 0 Å². The van der Waals surface area contributed by atoms with Gasteiger partial charge in [-0.3, -0.25) is 0 Å². The molecular weight excluding hydrogens is 254 g/mol. The van der Waals surface area contributed by atoms with E-state index in [0.29, 0.717) is 12.1 Å². The lowest BCUT2D eigenvalue weighted by molar-refractivity contribution is 0.363. The number of benzene rings is 2. The first-order chi connectivity index (χ1) is 9.66. The number of hydrogen-bond donors (Lipinski definition) is 4. The van der Waals surface area contributed by atoms with Crippen LogP contribution in [0.15, 0.2) is 36.4 Å². The molecule has 0 bridgehead atoms. The first-order valence-electron chi connectivity index (χ1n) is 6.71. The monoisotopic (exact) mass is 271 g/mol. The number of phenolic OH excluding ortho intramolecular Hbond substituents is 3. The van der Waals surface area contributed by atoms with Crippen LogP contribution in [-0.4, -0.2) is 15.3 Å². The maximum absolute atomic E-state index is 9.80. The summed E-state index contributed by atoms with van der Waals surface area (Å²) < 4.78 is 0. The third-order valence-electron chi connectivity index (χ3n) is 3.89. The molecule has 1 unspecified atom stereocenters. The molecular formula is C16H17NO3.